The number of aryl methyl sites for hydroxylation is 1. The molecular formula is C28H25BrClN5O3S. The molecule has 2 heterocycles. The number of phenols is 1. The van der Waals surface area contributed by atoms with E-state index in [1.807, 2.05) is 62.4 Å². The number of carbonyl (C=O) groups is 1. The van der Waals surface area contributed by atoms with E-state index in [2.05, 4.69) is 26.6 Å². The van der Waals surface area contributed by atoms with Crippen molar-refractivity contribution in [2.24, 2.45) is 0 Å². The molecule has 3 aromatic carbocycles. The van der Waals surface area contributed by atoms with E-state index in [9.17, 15) is 9.90 Å². The van der Waals surface area contributed by atoms with Gasteiger partial charge in [0.15, 0.2) is 11.5 Å². The number of ether oxygens (including phenoxy) is 1. The maximum Gasteiger partial charge on any atom is 0.255 e. The molecule has 200 valence electrons. The van der Waals surface area contributed by atoms with Gasteiger partial charge in [0.2, 0.25) is 11.1 Å². The number of nitrogens with one attached hydrogen (secondary N) is 2. The summed E-state index contributed by atoms with van der Waals surface area (Å²) >= 11 is 11.2. The predicted molar refractivity (Wildman–Crippen MR) is 158 cm³/mol. The molecule has 11 heteroatoms. The van der Waals surface area contributed by atoms with Crippen molar-refractivity contribution in [1.82, 2.24) is 14.8 Å². The van der Waals surface area contributed by atoms with Crippen LogP contribution in [0.5, 0.6) is 11.5 Å². The number of benzene rings is 3. The summed E-state index contributed by atoms with van der Waals surface area (Å²) in [6.45, 7) is 3.77. The fraction of sp³-hybridized carbons (Fsp3) is 0.179. The van der Waals surface area contributed by atoms with Crippen LogP contribution in [0.1, 0.15) is 29.7 Å². The van der Waals surface area contributed by atoms with E-state index in [4.69, 9.17) is 26.4 Å². The van der Waals surface area contributed by atoms with Crippen molar-refractivity contribution in [2.45, 2.75) is 30.8 Å². The number of anilines is 2. The molecule has 1 aliphatic rings. The van der Waals surface area contributed by atoms with Gasteiger partial charge in [-0.25, -0.2) is 4.68 Å². The summed E-state index contributed by atoms with van der Waals surface area (Å²) in [5, 5.41) is 22.7. The Morgan fingerprint density at radius 3 is 2.69 bits per heavy atom. The lowest BCUT2D eigenvalue weighted by Crippen LogP contribution is -2.31. The Bertz CT molecular complexity index is 1610. The number of thioether (sulfide) groups is 1. The van der Waals surface area contributed by atoms with Crippen LogP contribution in [0, 0.1) is 6.92 Å². The van der Waals surface area contributed by atoms with Crippen LogP contribution < -0.4 is 15.4 Å². The third kappa shape index (κ3) is 5.50. The van der Waals surface area contributed by atoms with Crippen LogP contribution in [0.25, 0.3) is 0 Å². The number of nitrogens with zero attached hydrogens (tertiary/aromatic N) is 3. The average Bonchev–Trinajstić information content (AvgIpc) is 3.32. The van der Waals surface area contributed by atoms with E-state index in [0.29, 0.717) is 48.9 Å². The molecule has 0 saturated heterocycles. The molecule has 3 N–H and O–H groups in total. The summed E-state index contributed by atoms with van der Waals surface area (Å²) in [4.78, 5) is 18.5. The molecule has 0 aliphatic carbocycles. The summed E-state index contributed by atoms with van der Waals surface area (Å²) in [6, 6.07) is 18.0. The molecule has 1 aromatic heterocycles. The van der Waals surface area contributed by atoms with E-state index in [1.54, 1.807) is 16.8 Å². The van der Waals surface area contributed by atoms with Crippen LogP contribution in [0.3, 0.4) is 0 Å². The maximum absolute atomic E-state index is 13.8. The molecule has 1 aliphatic heterocycles. The molecule has 0 fully saturated rings. The zero-order chi connectivity index (χ0) is 27.7. The lowest BCUT2D eigenvalue weighted by molar-refractivity contribution is -0.113. The number of allylic oxidation sites excluding steroid dienone is 1. The summed E-state index contributed by atoms with van der Waals surface area (Å²) in [6.07, 6.45) is 0. The first-order chi connectivity index (χ1) is 18.8. The Morgan fingerprint density at radius 2 is 1.95 bits per heavy atom. The van der Waals surface area contributed by atoms with Crippen molar-refractivity contribution in [1.29, 1.82) is 0 Å². The smallest absolute Gasteiger partial charge is 0.255 e. The van der Waals surface area contributed by atoms with E-state index < -0.39 is 6.04 Å². The molecule has 0 spiro atoms. The summed E-state index contributed by atoms with van der Waals surface area (Å²) in [5.74, 6) is 1.03. The van der Waals surface area contributed by atoms with Crippen molar-refractivity contribution >= 4 is 56.8 Å². The number of aromatic hydroxyl groups is 1. The number of hydrogen-bond acceptors (Lipinski definition) is 7. The van der Waals surface area contributed by atoms with Gasteiger partial charge in [0.05, 0.1) is 17.2 Å². The van der Waals surface area contributed by atoms with Crippen molar-refractivity contribution < 1.29 is 14.6 Å². The van der Waals surface area contributed by atoms with Crippen molar-refractivity contribution in [3.05, 3.63) is 98.1 Å². The monoisotopic (exact) mass is 625 g/mol. The number of halogens is 2. The van der Waals surface area contributed by atoms with Gasteiger partial charge in [0.1, 0.15) is 6.04 Å². The lowest BCUT2D eigenvalue weighted by atomic mass is 9.94. The van der Waals surface area contributed by atoms with Crippen LogP contribution in [-0.2, 0) is 10.5 Å². The number of phenolic OH excluding ortho intramolecular Hbond substituents is 1. The highest BCUT2D eigenvalue weighted by Crippen LogP contribution is 2.43. The first-order valence-corrected chi connectivity index (χ1v) is 14.2. The minimum absolute atomic E-state index is 0.0309. The summed E-state index contributed by atoms with van der Waals surface area (Å²) < 4.78 is 7.53. The Morgan fingerprint density at radius 1 is 1.21 bits per heavy atom. The first kappa shape index (κ1) is 27.1. The van der Waals surface area contributed by atoms with Crippen LogP contribution in [0.2, 0.25) is 5.02 Å². The molecule has 1 unspecified atom stereocenters. The fourth-order valence-electron chi connectivity index (χ4n) is 4.36. The van der Waals surface area contributed by atoms with Crippen LogP contribution in [0.4, 0.5) is 11.6 Å². The Hall–Kier alpha value is -3.47. The Kier molecular flexibility index (Phi) is 7.88. The SMILES string of the molecule is COc1cc(C2C(C(=O)Nc3ccccc3C)=C(C)Nc3nc(SCc4ccccc4Cl)nn32)cc(Br)c1O. The molecule has 0 bridgehead atoms. The highest BCUT2D eigenvalue weighted by molar-refractivity contribution is 9.10. The molecule has 4 aromatic rings. The third-order valence-corrected chi connectivity index (χ3v) is 8.23. The van der Waals surface area contributed by atoms with Crippen LogP contribution in [-0.4, -0.2) is 32.9 Å². The summed E-state index contributed by atoms with van der Waals surface area (Å²) in [5.41, 5.74) is 4.40. The number of para-hydroxylation sites is 1. The number of methoxy groups -OCH3 is 1. The lowest BCUT2D eigenvalue weighted by Gasteiger charge is -2.29. The van der Waals surface area contributed by atoms with E-state index in [0.717, 1.165) is 11.1 Å². The van der Waals surface area contributed by atoms with Gasteiger partial charge in [0.25, 0.3) is 5.91 Å². The number of amides is 1. The van der Waals surface area contributed by atoms with Gasteiger partial charge in [-0.3, -0.25) is 4.79 Å². The number of fused-ring (bicyclic) bond motifs is 1. The molecule has 1 amide bonds. The molecule has 0 saturated carbocycles. The van der Waals surface area contributed by atoms with Crippen LogP contribution >= 0.6 is 39.3 Å². The predicted octanol–water partition coefficient (Wildman–Crippen LogP) is 6.94. The van der Waals surface area contributed by atoms with E-state index in [-0.39, 0.29) is 17.4 Å². The zero-order valence-electron chi connectivity index (χ0n) is 21.3. The number of carbonyl (C=O) groups excluding carboxylic acids is 1. The van der Waals surface area contributed by atoms with Gasteiger partial charge in [-0.1, -0.05) is 59.8 Å². The summed E-state index contributed by atoms with van der Waals surface area (Å²) in [7, 11) is 1.48. The van der Waals surface area contributed by atoms with Gasteiger partial charge in [-0.2, -0.15) is 4.98 Å². The quantitative estimate of drug-likeness (QED) is 0.191. The molecular weight excluding hydrogens is 602 g/mol. The van der Waals surface area contributed by atoms with Gasteiger partial charge in [0, 0.05) is 22.2 Å². The molecule has 39 heavy (non-hydrogen) atoms. The van der Waals surface area contributed by atoms with Gasteiger partial charge in [-0.05, 0) is 70.7 Å². The van der Waals surface area contributed by atoms with Crippen molar-refractivity contribution in [3.8, 4) is 11.5 Å². The maximum atomic E-state index is 13.8. The van der Waals surface area contributed by atoms with Crippen LogP contribution in [0.15, 0.2) is 81.6 Å². The van der Waals surface area contributed by atoms with Gasteiger partial charge < -0.3 is 20.5 Å². The second kappa shape index (κ2) is 11.3. The second-order valence-corrected chi connectivity index (χ2v) is 11.1. The topological polar surface area (TPSA) is 101 Å². The molecule has 0 radical (unpaired) electrons. The highest BCUT2D eigenvalue weighted by Gasteiger charge is 2.35. The fourth-order valence-corrected chi connectivity index (χ4v) is 5.94. The number of hydrogen-bond donors (Lipinski definition) is 3. The van der Waals surface area contributed by atoms with E-state index >= 15 is 0 Å². The number of rotatable bonds is 7. The average molecular weight is 627 g/mol. The van der Waals surface area contributed by atoms with Crippen molar-refractivity contribution in [2.75, 3.05) is 17.7 Å². The normalized spacial score (nSPS) is 14.5. The standard InChI is InChI=1S/C28H25BrClN5O3S/c1-15-8-4-7-11-21(15)32-26(37)23-16(2)31-27-33-28(39-14-17-9-5-6-10-20(17)30)34-35(27)24(23)18-12-19(29)25(36)22(13-18)38-3/h4-13,24,36H,14H2,1-3H3,(H,32,37)(H,31,33,34). The highest BCUT2D eigenvalue weighted by atomic mass is 79.9. The minimum atomic E-state index is -0.654. The first-order valence-electron chi connectivity index (χ1n) is 12.0. The number of aromatic nitrogens is 3. The molecule has 8 nitrogen and oxygen atoms in total. The zero-order valence-corrected chi connectivity index (χ0v) is 24.5. The Labute approximate surface area is 243 Å². The van der Waals surface area contributed by atoms with Gasteiger partial charge in [-0.15, -0.1) is 5.10 Å². The minimum Gasteiger partial charge on any atom is -0.503 e. The second-order valence-electron chi connectivity index (χ2n) is 8.93. The van der Waals surface area contributed by atoms with Crippen molar-refractivity contribution in [3.63, 3.8) is 0 Å². The molecule has 1 atom stereocenters. The third-order valence-electron chi connectivity index (χ3n) is 6.37. The van der Waals surface area contributed by atoms with Gasteiger partial charge >= 0.3 is 0 Å². The van der Waals surface area contributed by atoms with E-state index in [1.165, 1.54) is 18.9 Å². The largest absolute Gasteiger partial charge is 0.503 e. The Balaban J connectivity index is 1.56. The molecule has 5 rings (SSSR count).